The Morgan fingerprint density at radius 2 is 1.79 bits per heavy atom. The zero-order chi connectivity index (χ0) is 24.0. The second kappa shape index (κ2) is 8.39. The van der Waals surface area contributed by atoms with Gasteiger partial charge >= 0.3 is 5.97 Å². The van der Waals surface area contributed by atoms with Crippen LogP contribution in [-0.2, 0) is 14.8 Å². The monoisotopic (exact) mass is 496 g/mol. The Kier molecular flexibility index (Phi) is 5.51. The maximum absolute atomic E-state index is 12.8. The highest BCUT2D eigenvalue weighted by molar-refractivity contribution is 7.89. The van der Waals surface area contributed by atoms with Crippen LogP contribution in [0.4, 0.5) is 0 Å². The lowest BCUT2D eigenvalue weighted by atomic mass is 10.1. The second-order valence-corrected chi connectivity index (χ2v) is 11.0. The number of carboxylic acids is 1. The zero-order valence-corrected chi connectivity index (χ0v) is 19.8. The molecule has 34 heavy (non-hydrogen) atoms. The molecule has 0 saturated heterocycles. The third kappa shape index (κ3) is 4.00. The van der Waals surface area contributed by atoms with Gasteiger partial charge in [-0.25, -0.2) is 8.42 Å². The molecule has 10 heteroatoms. The Morgan fingerprint density at radius 3 is 2.50 bits per heavy atom. The summed E-state index contributed by atoms with van der Waals surface area (Å²) in [6.07, 6.45) is 1.53. The molecule has 0 radical (unpaired) electrons. The molecule has 0 unspecified atom stereocenters. The van der Waals surface area contributed by atoms with Crippen molar-refractivity contribution in [2.75, 3.05) is 0 Å². The van der Waals surface area contributed by atoms with Crippen LogP contribution in [0.1, 0.15) is 13.8 Å². The van der Waals surface area contributed by atoms with Gasteiger partial charge in [0, 0.05) is 27.8 Å². The molecule has 2 N–H and O–H groups in total. The van der Waals surface area contributed by atoms with E-state index in [1.807, 2.05) is 36.4 Å². The maximum Gasteiger partial charge on any atom is 0.322 e. The van der Waals surface area contributed by atoms with Crippen LogP contribution in [0.25, 0.3) is 43.0 Å². The Labute approximate surface area is 198 Å². The number of carboxylic acid groups (broad SMARTS) is 1. The standard InChI is InChI=1S/C24H20N2O6S2/c1-13(2)23(24(27)28)26-34(29,30)15-4-5-16-17-11-14(3-6-19(17)32-20(16)12-15)21-7-8-22(33-21)18-9-10-31-25-18/h3-13,23,26H,1-2H3,(H,27,28)/t23-/m0/s1. The molecule has 1 atom stereocenters. The molecule has 8 nitrogen and oxygen atoms in total. The third-order valence-corrected chi connectivity index (χ3v) is 8.14. The fourth-order valence-corrected chi connectivity index (χ4v) is 6.07. The van der Waals surface area contributed by atoms with E-state index in [4.69, 9.17) is 8.94 Å². The van der Waals surface area contributed by atoms with Crippen molar-refractivity contribution in [2.24, 2.45) is 5.92 Å². The highest BCUT2D eigenvalue weighted by Crippen LogP contribution is 2.37. The predicted octanol–water partition coefficient (Wildman–Crippen LogP) is 5.36. The molecular formula is C24H20N2O6S2. The summed E-state index contributed by atoms with van der Waals surface area (Å²) < 4.78 is 38.8. The zero-order valence-electron chi connectivity index (χ0n) is 18.2. The molecule has 0 fully saturated rings. The number of nitrogens with zero attached hydrogens (tertiary/aromatic N) is 1. The number of fused-ring (bicyclic) bond motifs is 3. The number of aliphatic carboxylic acids is 1. The summed E-state index contributed by atoms with van der Waals surface area (Å²) in [6, 6.07) is 14.9. The fourth-order valence-electron chi connectivity index (χ4n) is 3.76. The molecule has 5 rings (SSSR count). The summed E-state index contributed by atoms with van der Waals surface area (Å²) in [5.41, 5.74) is 2.80. The lowest BCUT2D eigenvalue weighted by Crippen LogP contribution is -2.44. The molecule has 3 aromatic heterocycles. The van der Waals surface area contributed by atoms with Crippen molar-refractivity contribution in [3.05, 3.63) is 60.9 Å². The van der Waals surface area contributed by atoms with Crippen LogP contribution in [0.5, 0.6) is 0 Å². The van der Waals surface area contributed by atoms with E-state index in [-0.39, 0.29) is 4.90 Å². The number of thiophene rings is 1. The number of hydrogen-bond donors (Lipinski definition) is 2. The largest absolute Gasteiger partial charge is 0.480 e. The van der Waals surface area contributed by atoms with Crippen molar-refractivity contribution in [1.82, 2.24) is 9.88 Å². The van der Waals surface area contributed by atoms with Crippen molar-refractivity contribution >= 4 is 49.3 Å². The number of furan rings is 1. The van der Waals surface area contributed by atoms with Gasteiger partial charge in [0.2, 0.25) is 10.0 Å². The minimum Gasteiger partial charge on any atom is -0.480 e. The molecule has 0 aliphatic heterocycles. The van der Waals surface area contributed by atoms with E-state index in [1.54, 1.807) is 31.3 Å². The molecular weight excluding hydrogens is 476 g/mol. The second-order valence-electron chi connectivity index (χ2n) is 8.20. The lowest BCUT2D eigenvalue weighted by Gasteiger charge is -2.17. The molecule has 0 aliphatic rings. The first kappa shape index (κ1) is 22.3. The first-order valence-electron chi connectivity index (χ1n) is 10.5. The average molecular weight is 497 g/mol. The van der Waals surface area contributed by atoms with Gasteiger partial charge < -0.3 is 14.0 Å². The predicted molar refractivity (Wildman–Crippen MR) is 129 cm³/mol. The molecule has 3 heterocycles. The SMILES string of the molecule is CC(C)[C@H](NS(=O)(=O)c1ccc2c(c1)oc1ccc(-c3ccc(-c4ccon4)s3)cc12)C(=O)O. The molecule has 0 aliphatic carbocycles. The van der Waals surface area contributed by atoms with Crippen LogP contribution in [0.3, 0.4) is 0 Å². The summed E-state index contributed by atoms with van der Waals surface area (Å²) in [7, 11) is -4.05. The quantitative estimate of drug-likeness (QED) is 0.311. The Hall–Kier alpha value is -3.47. The molecule has 0 bridgehead atoms. The van der Waals surface area contributed by atoms with Gasteiger partial charge in [-0.3, -0.25) is 4.79 Å². The highest BCUT2D eigenvalue weighted by atomic mass is 32.2. The number of rotatable bonds is 7. The van der Waals surface area contributed by atoms with Crippen LogP contribution >= 0.6 is 11.3 Å². The number of sulfonamides is 1. The smallest absolute Gasteiger partial charge is 0.322 e. The van der Waals surface area contributed by atoms with E-state index in [2.05, 4.69) is 9.88 Å². The molecule has 0 amide bonds. The number of benzene rings is 2. The molecule has 0 spiro atoms. The number of carbonyl (C=O) groups is 1. The van der Waals surface area contributed by atoms with Gasteiger partial charge in [-0.1, -0.05) is 19.0 Å². The minimum atomic E-state index is -4.05. The van der Waals surface area contributed by atoms with E-state index >= 15 is 0 Å². The summed E-state index contributed by atoms with van der Waals surface area (Å²) in [5, 5.41) is 14.9. The van der Waals surface area contributed by atoms with Gasteiger partial charge in [0.15, 0.2) is 0 Å². The number of aromatic nitrogens is 1. The summed E-state index contributed by atoms with van der Waals surface area (Å²) in [5.74, 6) is -1.64. The maximum atomic E-state index is 12.8. The molecule has 2 aromatic carbocycles. The highest BCUT2D eigenvalue weighted by Gasteiger charge is 2.28. The van der Waals surface area contributed by atoms with Gasteiger partial charge in [-0.15, -0.1) is 11.3 Å². The van der Waals surface area contributed by atoms with Crippen LogP contribution in [0.2, 0.25) is 0 Å². The number of hydrogen-bond acceptors (Lipinski definition) is 7. The van der Waals surface area contributed by atoms with E-state index in [1.165, 1.54) is 18.4 Å². The van der Waals surface area contributed by atoms with Crippen molar-refractivity contribution in [1.29, 1.82) is 0 Å². The van der Waals surface area contributed by atoms with Crippen LogP contribution < -0.4 is 4.72 Å². The summed E-state index contributed by atoms with van der Waals surface area (Å²) in [4.78, 5) is 13.4. The van der Waals surface area contributed by atoms with Gasteiger partial charge in [0.05, 0.1) is 9.77 Å². The van der Waals surface area contributed by atoms with E-state index in [9.17, 15) is 18.3 Å². The van der Waals surface area contributed by atoms with E-state index in [0.717, 1.165) is 31.8 Å². The van der Waals surface area contributed by atoms with Crippen LogP contribution in [0, 0.1) is 5.92 Å². The average Bonchev–Trinajstić information content (AvgIpc) is 3.55. The Balaban J connectivity index is 1.51. The topological polar surface area (TPSA) is 123 Å². The van der Waals surface area contributed by atoms with Crippen LogP contribution in [-0.4, -0.2) is 30.7 Å². The lowest BCUT2D eigenvalue weighted by molar-refractivity contribution is -0.140. The Morgan fingerprint density at radius 1 is 1.00 bits per heavy atom. The van der Waals surface area contributed by atoms with Crippen LogP contribution in [0.15, 0.2) is 74.7 Å². The molecule has 5 aromatic rings. The van der Waals surface area contributed by atoms with Crippen molar-refractivity contribution in [2.45, 2.75) is 24.8 Å². The van der Waals surface area contributed by atoms with Crippen molar-refractivity contribution in [3.63, 3.8) is 0 Å². The Bertz CT molecular complexity index is 1610. The summed E-state index contributed by atoms with van der Waals surface area (Å²) in [6.45, 7) is 3.28. The molecule has 0 saturated carbocycles. The first-order valence-corrected chi connectivity index (χ1v) is 12.8. The third-order valence-electron chi connectivity index (χ3n) is 5.55. The van der Waals surface area contributed by atoms with Crippen molar-refractivity contribution in [3.8, 4) is 21.0 Å². The van der Waals surface area contributed by atoms with Gasteiger partial charge in [-0.2, -0.15) is 4.72 Å². The van der Waals surface area contributed by atoms with Crippen molar-refractivity contribution < 1.29 is 27.3 Å². The van der Waals surface area contributed by atoms with Gasteiger partial charge in [0.1, 0.15) is 29.2 Å². The minimum absolute atomic E-state index is 0.0540. The van der Waals surface area contributed by atoms with E-state index < -0.39 is 28.0 Å². The number of nitrogens with one attached hydrogen (secondary N) is 1. The molecule has 174 valence electrons. The normalized spacial score (nSPS) is 13.1. The van der Waals surface area contributed by atoms with Gasteiger partial charge in [-0.05, 0) is 53.9 Å². The van der Waals surface area contributed by atoms with E-state index in [0.29, 0.717) is 11.2 Å². The first-order chi connectivity index (χ1) is 16.2. The summed E-state index contributed by atoms with van der Waals surface area (Å²) >= 11 is 1.59. The fraction of sp³-hybridized carbons (Fsp3) is 0.167. The van der Waals surface area contributed by atoms with Gasteiger partial charge in [0.25, 0.3) is 0 Å².